The Bertz CT molecular complexity index is 459. The molecule has 1 fully saturated rings. The van der Waals surface area contributed by atoms with E-state index in [2.05, 4.69) is 28.9 Å². The molecule has 1 aliphatic heterocycles. The Labute approximate surface area is 121 Å². The average molecular weight is 275 g/mol. The van der Waals surface area contributed by atoms with Crippen molar-refractivity contribution in [2.75, 3.05) is 19.6 Å². The molecule has 0 bridgehead atoms. The predicted octanol–water partition coefficient (Wildman–Crippen LogP) is 2.26. The SMILES string of the molecule is CC1CCCN(Cc2ccnc(C/C=C(/O)CN)c2)C1. The normalized spacial score (nSPS) is 21.1. The maximum absolute atomic E-state index is 9.38. The molecule has 4 heteroatoms. The zero-order chi connectivity index (χ0) is 14.4. The lowest BCUT2D eigenvalue weighted by Gasteiger charge is -2.30. The van der Waals surface area contributed by atoms with Crippen LogP contribution in [0.3, 0.4) is 0 Å². The number of hydrogen-bond acceptors (Lipinski definition) is 4. The van der Waals surface area contributed by atoms with Crippen molar-refractivity contribution in [3.63, 3.8) is 0 Å². The topological polar surface area (TPSA) is 62.4 Å². The summed E-state index contributed by atoms with van der Waals surface area (Å²) in [6, 6.07) is 4.20. The molecule has 1 saturated heterocycles. The van der Waals surface area contributed by atoms with Gasteiger partial charge in [0.05, 0.1) is 6.54 Å². The van der Waals surface area contributed by atoms with Crippen LogP contribution >= 0.6 is 0 Å². The molecule has 1 unspecified atom stereocenters. The van der Waals surface area contributed by atoms with E-state index in [0.29, 0.717) is 6.42 Å². The van der Waals surface area contributed by atoms with Gasteiger partial charge in [0.15, 0.2) is 0 Å². The summed E-state index contributed by atoms with van der Waals surface area (Å²) in [5.41, 5.74) is 7.63. The van der Waals surface area contributed by atoms with Gasteiger partial charge in [-0.05, 0) is 49.1 Å². The van der Waals surface area contributed by atoms with Crippen LogP contribution in [0.15, 0.2) is 30.2 Å². The van der Waals surface area contributed by atoms with Gasteiger partial charge in [0.25, 0.3) is 0 Å². The first kappa shape index (κ1) is 15.0. The van der Waals surface area contributed by atoms with Crippen molar-refractivity contribution in [3.8, 4) is 0 Å². The third kappa shape index (κ3) is 4.62. The van der Waals surface area contributed by atoms with Gasteiger partial charge in [-0.1, -0.05) is 6.92 Å². The van der Waals surface area contributed by atoms with Crippen molar-refractivity contribution in [1.29, 1.82) is 0 Å². The molecule has 110 valence electrons. The third-order valence-electron chi connectivity index (χ3n) is 3.78. The number of aliphatic hydroxyl groups is 1. The number of aliphatic hydroxyl groups excluding tert-OH is 1. The maximum atomic E-state index is 9.38. The van der Waals surface area contributed by atoms with E-state index in [0.717, 1.165) is 18.2 Å². The molecule has 2 rings (SSSR count). The van der Waals surface area contributed by atoms with Gasteiger partial charge >= 0.3 is 0 Å². The van der Waals surface area contributed by atoms with Gasteiger partial charge in [-0.2, -0.15) is 0 Å². The van der Waals surface area contributed by atoms with Crippen LogP contribution in [-0.4, -0.2) is 34.6 Å². The molecule has 1 aliphatic rings. The van der Waals surface area contributed by atoms with Crippen LogP contribution in [0.1, 0.15) is 31.0 Å². The van der Waals surface area contributed by atoms with Crippen LogP contribution in [0.4, 0.5) is 0 Å². The van der Waals surface area contributed by atoms with Crippen molar-refractivity contribution in [1.82, 2.24) is 9.88 Å². The smallest absolute Gasteiger partial charge is 0.102 e. The number of rotatable bonds is 5. The molecule has 0 radical (unpaired) electrons. The summed E-state index contributed by atoms with van der Waals surface area (Å²) in [7, 11) is 0. The molecule has 4 nitrogen and oxygen atoms in total. The lowest BCUT2D eigenvalue weighted by molar-refractivity contribution is 0.176. The Morgan fingerprint density at radius 2 is 2.45 bits per heavy atom. The molecule has 0 spiro atoms. The maximum Gasteiger partial charge on any atom is 0.102 e. The lowest BCUT2D eigenvalue weighted by atomic mass is 10.00. The highest BCUT2D eigenvalue weighted by molar-refractivity contribution is 5.18. The van der Waals surface area contributed by atoms with Crippen LogP contribution in [0.5, 0.6) is 0 Å². The lowest BCUT2D eigenvalue weighted by Crippen LogP contribution is -2.33. The Morgan fingerprint density at radius 3 is 3.20 bits per heavy atom. The Balaban J connectivity index is 1.95. The Morgan fingerprint density at radius 1 is 1.60 bits per heavy atom. The minimum atomic E-state index is 0.186. The molecule has 2 heterocycles. The molecular formula is C16H25N3O. The standard InChI is InChI=1S/C16H25N3O/c1-13-3-2-8-19(11-13)12-14-6-7-18-15(9-14)4-5-16(20)10-17/h5-7,9,13,20H,2-4,8,10-12,17H2,1H3/b16-5+. The number of aromatic nitrogens is 1. The average Bonchev–Trinajstić information content (AvgIpc) is 2.45. The number of likely N-dealkylation sites (tertiary alicyclic amines) is 1. The molecule has 0 amide bonds. The minimum Gasteiger partial charge on any atom is -0.511 e. The Kier molecular flexibility index (Phi) is 5.56. The summed E-state index contributed by atoms with van der Waals surface area (Å²) in [5, 5.41) is 9.38. The van der Waals surface area contributed by atoms with E-state index in [4.69, 9.17) is 5.73 Å². The van der Waals surface area contributed by atoms with Gasteiger partial charge in [-0.3, -0.25) is 9.88 Å². The quantitative estimate of drug-likeness (QED) is 0.809. The molecule has 0 saturated carbocycles. The third-order valence-corrected chi connectivity index (χ3v) is 3.78. The minimum absolute atomic E-state index is 0.186. The zero-order valence-electron chi connectivity index (χ0n) is 12.3. The monoisotopic (exact) mass is 275 g/mol. The van der Waals surface area contributed by atoms with Crippen molar-refractivity contribution in [2.24, 2.45) is 11.7 Å². The van der Waals surface area contributed by atoms with Gasteiger partial charge in [0.1, 0.15) is 5.76 Å². The fourth-order valence-corrected chi connectivity index (χ4v) is 2.73. The highest BCUT2D eigenvalue weighted by Gasteiger charge is 2.16. The number of nitrogens with two attached hydrogens (primary N) is 1. The van der Waals surface area contributed by atoms with E-state index in [-0.39, 0.29) is 12.3 Å². The summed E-state index contributed by atoms with van der Waals surface area (Å²) >= 11 is 0. The fourth-order valence-electron chi connectivity index (χ4n) is 2.73. The van der Waals surface area contributed by atoms with Crippen molar-refractivity contribution < 1.29 is 5.11 Å². The summed E-state index contributed by atoms with van der Waals surface area (Å²) in [5.74, 6) is 1.02. The van der Waals surface area contributed by atoms with Crippen LogP contribution in [0.2, 0.25) is 0 Å². The zero-order valence-corrected chi connectivity index (χ0v) is 12.3. The van der Waals surface area contributed by atoms with Gasteiger partial charge in [0, 0.05) is 31.4 Å². The summed E-state index contributed by atoms with van der Waals surface area (Å²) < 4.78 is 0. The van der Waals surface area contributed by atoms with Crippen molar-refractivity contribution >= 4 is 0 Å². The second-order valence-electron chi connectivity index (χ2n) is 5.74. The largest absolute Gasteiger partial charge is 0.511 e. The first-order valence-corrected chi connectivity index (χ1v) is 7.41. The summed E-state index contributed by atoms with van der Waals surface area (Å²) in [6.45, 7) is 5.88. The van der Waals surface area contributed by atoms with E-state index in [1.165, 1.54) is 31.5 Å². The number of pyridine rings is 1. The molecule has 1 aromatic heterocycles. The van der Waals surface area contributed by atoms with Gasteiger partial charge < -0.3 is 10.8 Å². The molecular weight excluding hydrogens is 250 g/mol. The summed E-state index contributed by atoms with van der Waals surface area (Å²) in [6.07, 6.45) is 6.86. The highest BCUT2D eigenvalue weighted by atomic mass is 16.3. The van der Waals surface area contributed by atoms with Gasteiger partial charge in [0.2, 0.25) is 0 Å². The first-order valence-electron chi connectivity index (χ1n) is 7.41. The van der Waals surface area contributed by atoms with Crippen LogP contribution in [0, 0.1) is 5.92 Å². The van der Waals surface area contributed by atoms with E-state index < -0.39 is 0 Å². The molecule has 1 aromatic rings. The first-order chi connectivity index (χ1) is 9.67. The van der Waals surface area contributed by atoms with Crippen LogP contribution < -0.4 is 5.73 Å². The Hall–Kier alpha value is -1.39. The summed E-state index contributed by atoms with van der Waals surface area (Å²) in [4.78, 5) is 6.85. The molecule has 1 atom stereocenters. The fraction of sp³-hybridized carbons (Fsp3) is 0.562. The second-order valence-corrected chi connectivity index (χ2v) is 5.74. The molecule has 0 aliphatic carbocycles. The van der Waals surface area contributed by atoms with E-state index in [1.54, 1.807) is 6.08 Å². The second kappa shape index (κ2) is 7.41. The van der Waals surface area contributed by atoms with Crippen molar-refractivity contribution in [3.05, 3.63) is 41.4 Å². The van der Waals surface area contributed by atoms with E-state index in [9.17, 15) is 5.11 Å². The molecule has 3 N–H and O–H groups in total. The number of allylic oxidation sites excluding steroid dienone is 1. The number of piperidine rings is 1. The highest BCUT2D eigenvalue weighted by Crippen LogP contribution is 2.18. The van der Waals surface area contributed by atoms with Crippen LogP contribution in [-0.2, 0) is 13.0 Å². The number of nitrogens with zero attached hydrogens (tertiary/aromatic N) is 2. The molecule has 0 aromatic carbocycles. The van der Waals surface area contributed by atoms with E-state index >= 15 is 0 Å². The number of hydrogen-bond donors (Lipinski definition) is 2. The van der Waals surface area contributed by atoms with Crippen molar-refractivity contribution in [2.45, 2.75) is 32.7 Å². The van der Waals surface area contributed by atoms with Gasteiger partial charge in [-0.25, -0.2) is 0 Å². The van der Waals surface area contributed by atoms with Crippen LogP contribution in [0.25, 0.3) is 0 Å². The van der Waals surface area contributed by atoms with Gasteiger partial charge in [-0.15, -0.1) is 0 Å². The predicted molar refractivity (Wildman–Crippen MR) is 81.4 cm³/mol. The van der Waals surface area contributed by atoms with E-state index in [1.807, 2.05) is 6.20 Å². The molecule has 20 heavy (non-hydrogen) atoms.